The number of benzene rings is 1. The Morgan fingerprint density at radius 1 is 1.24 bits per heavy atom. The second-order valence-corrected chi connectivity index (χ2v) is 7.32. The van der Waals surface area contributed by atoms with Crippen LogP contribution in [0.15, 0.2) is 30.3 Å². The minimum absolute atomic E-state index is 0.420. The van der Waals surface area contributed by atoms with Gasteiger partial charge in [-0.05, 0) is 62.7 Å². The van der Waals surface area contributed by atoms with E-state index >= 15 is 0 Å². The van der Waals surface area contributed by atoms with Crippen molar-refractivity contribution in [1.82, 2.24) is 10.2 Å². The van der Waals surface area contributed by atoms with Crippen LogP contribution in [0.4, 0.5) is 0 Å². The van der Waals surface area contributed by atoms with Gasteiger partial charge in [0.1, 0.15) is 0 Å². The predicted molar refractivity (Wildman–Crippen MR) is 92.1 cm³/mol. The lowest BCUT2D eigenvalue weighted by atomic mass is 9.95. The number of hydrogen-bond acceptors (Lipinski definition) is 1. The molecule has 2 saturated carbocycles. The number of hydrogen-bond donors (Lipinski definition) is 1. The number of nitrogens with one attached hydrogen (secondary N) is 1. The smallest absolute Gasteiger partial charge is 0.169 e. The Hall–Kier alpha value is -1.09. The highest BCUT2D eigenvalue weighted by molar-refractivity contribution is 7.80. The monoisotopic (exact) mass is 302 g/mol. The number of fused-ring (bicyclic) bond motifs is 2. The third-order valence-corrected chi connectivity index (χ3v) is 5.48. The molecule has 0 radical (unpaired) electrons. The molecule has 0 spiro atoms. The lowest BCUT2D eigenvalue weighted by Gasteiger charge is -2.33. The molecule has 2 nitrogen and oxygen atoms in total. The largest absolute Gasteiger partial charge is 0.360 e. The molecule has 0 saturated heterocycles. The van der Waals surface area contributed by atoms with Gasteiger partial charge in [0.05, 0.1) is 0 Å². The Balaban J connectivity index is 1.62. The van der Waals surface area contributed by atoms with Gasteiger partial charge in [0.2, 0.25) is 0 Å². The maximum absolute atomic E-state index is 5.72. The van der Waals surface area contributed by atoms with Gasteiger partial charge in [0.15, 0.2) is 5.11 Å². The number of rotatable bonds is 4. The summed E-state index contributed by atoms with van der Waals surface area (Å²) < 4.78 is 0. The first kappa shape index (κ1) is 14.8. The van der Waals surface area contributed by atoms with Crippen molar-refractivity contribution in [2.75, 3.05) is 0 Å². The molecular weight excluding hydrogens is 276 g/mol. The molecule has 2 aliphatic rings. The summed E-state index contributed by atoms with van der Waals surface area (Å²) in [6.07, 6.45) is 5.57. The molecule has 21 heavy (non-hydrogen) atoms. The van der Waals surface area contributed by atoms with E-state index in [0.717, 1.165) is 23.5 Å². The van der Waals surface area contributed by atoms with Crippen molar-refractivity contribution in [2.24, 2.45) is 11.8 Å². The van der Waals surface area contributed by atoms with E-state index in [1.165, 1.54) is 31.2 Å². The van der Waals surface area contributed by atoms with Gasteiger partial charge in [-0.25, -0.2) is 0 Å². The lowest BCUT2D eigenvalue weighted by Crippen LogP contribution is -2.48. The first-order valence-corrected chi connectivity index (χ1v) is 8.65. The van der Waals surface area contributed by atoms with Gasteiger partial charge in [-0.15, -0.1) is 0 Å². The van der Waals surface area contributed by atoms with Crippen LogP contribution < -0.4 is 5.32 Å². The van der Waals surface area contributed by atoms with Crippen LogP contribution in [-0.2, 0) is 6.54 Å². The van der Waals surface area contributed by atoms with Gasteiger partial charge in [-0.1, -0.05) is 36.8 Å². The van der Waals surface area contributed by atoms with Crippen LogP contribution >= 0.6 is 12.2 Å². The van der Waals surface area contributed by atoms with Crippen LogP contribution in [-0.4, -0.2) is 22.1 Å². The lowest BCUT2D eigenvalue weighted by molar-refractivity contribution is 0.316. The van der Waals surface area contributed by atoms with Crippen molar-refractivity contribution in [3.63, 3.8) is 0 Å². The molecule has 2 aliphatic carbocycles. The van der Waals surface area contributed by atoms with Crippen molar-refractivity contribution in [3.8, 4) is 0 Å². The summed E-state index contributed by atoms with van der Waals surface area (Å²) in [5.41, 5.74) is 1.32. The third kappa shape index (κ3) is 3.39. The molecule has 114 valence electrons. The van der Waals surface area contributed by atoms with Crippen LogP contribution in [0.25, 0.3) is 0 Å². The highest BCUT2D eigenvalue weighted by Crippen LogP contribution is 2.44. The van der Waals surface area contributed by atoms with Crippen molar-refractivity contribution in [2.45, 2.75) is 58.2 Å². The van der Waals surface area contributed by atoms with Gasteiger partial charge in [-0.3, -0.25) is 0 Å². The Kier molecular flexibility index (Phi) is 4.48. The van der Waals surface area contributed by atoms with Crippen LogP contribution in [0, 0.1) is 11.8 Å². The van der Waals surface area contributed by atoms with E-state index in [1.54, 1.807) is 0 Å². The number of thiocarbonyl (C=S) groups is 1. The Morgan fingerprint density at radius 2 is 2.00 bits per heavy atom. The number of nitrogens with zero attached hydrogens (tertiary/aromatic N) is 1. The van der Waals surface area contributed by atoms with Gasteiger partial charge < -0.3 is 10.2 Å². The average molecular weight is 302 g/mol. The molecule has 0 heterocycles. The zero-order valence-corrected chi connectivity index (χ0v) is 13.9. The van der Waals surface area contributed by atoms with E-state index < -0.39 is 0 Å². The summed E-state index contributed by atoms with van der Waals surface area (Å²) in [6.45, 7) is 5.33. The van der Waals surface area contributed by atoms with Crippen LogP contribution in [0.1, 0.15) is 45.1 Å². The second-order valence-electron chi connectivity index (χ2n) is 6.94. The molecule has 0 aromatic heterocycles. The van der Waals surface area contributed by atoms with E-state index in [4.69, 9.17) is 12.2 Å². The summed E-state index contributed by atoms with van der Waals surface area (Å²) in [5, 5.41) is 4.61. The molecule has 2 bridgehead atoms. The van der Waals surface area contributed by atoms with Gasteiger partial charge in [0, 0.05) is 18.6 Å². The molecule has 1 N–H and O–H groups in total. The fourth-order valence-corrected chi connectivity index (χ4v) is 4.36. The maximum atomic E-state index is 5.72. The molecule has 3 rings (SSSR count). The Bertz CT molecular complexity index is 485. The second kappa shape index (κ2) is 6.35. The summed E-state index contributed by atoms with van der Waals surface area (Å²) in [6, 6.07) is 11.7. The Morgan fingerprint density at radius 3 is 2.57 bits per heavy atom. The topological polar surface area (TPSA) is 15.3 Å². The van der Waals surface area contributed by atoms with Crippen LogP contribution in [0.2, 0.25) is 0 Å². The zero-order valence-electron chi connectivity index (χ0n) is 13.1. The molecule has 0 aliphatic heterocycles. The first-order valence-electron chi connectivity index (χ1n) is 8.24. The SMILES string of the molecule is CC(C)N(Cc1ccccc1)C(=S)N[C@@H]1C[C@@H]2CC[C@@H]1C2. The fraction of sp³-hybridized carbons (Fsp3) is 0.611. The quantitative estimate of drug-likeness (QED) is 0.848. The van der Waals surface area contributed by atoms with Crippen LogP contribution in [0.5, 0.6) is 0 Å². The molecule has 3 heteroatoms. The van der Waals surface area contributed by atoms with Crippen molar-refractivity contribution >= 4 is 17.3 Å². The van der Waals surface area contributed by atoms with E-state index in [9.17, 15) is 0 Å². The summed E-state index contributed by atoms with van der Waals surface area (Å²) in [4.78, 5) is 2.32. The Labute approximate surface area is 133 Å². The fourth-order valence-electron chi connectivity index (χ4n) is 3.93. The van der Waals surface area contributed by atoms with Gasteiger partial charge >= 0.3 is 0 Å². The van der Waals surface area contributed by atoms with Crippen molar-refractivity contribution < 1.29 is 0 Å². The van der Waals surface area contributed by atoms with Crippen molar-refractivity contribution in [1.29, 1.82) is 0 Å². The predicted octanol–water partition coefficient (Wildman–Crippen LogP) is 3.96. The van der Waals surface area contributed by atoms with Crippen LogP contribution in [0.3, 0.4) is 0 Å². The summed E-state index contributed by atoms with van der Waals surface area (Å²) in [5.74, 6) is 1.82. The first-order chi connectivity index (χ1) is 10.1. The van der Waals surface area contributed by atoms with Gasteiger partial charge in [0.25, 0.3) is 0 Å². The summed E-state index contributed by atoms with van der Waals surface area (Å²) in [7, 11) is 0. The minimum atomic E-state index is 0.420. The van der Waals surface area contributed by atoms with Gasteiger partial charge in [-0.2, -0.15) is 0 Å². The normalized spacial score (nSPS) is 27.1. The van der Waals surface area contributed by atoms with Crippen molar-refractivity contribution in [3.05, 3.63) is 35.9 Å². The van der Waals surface area contributed by atoms with E-state index in [0.29, 0.717) is 12.1 Å². The molecule has 3 atom stereocenters. The standard InChI is InChI=1S/C18H26N2S/c1-13(2)20(12-14-6-4-3-5-7-14)18(21)19-17-11-15-8-9-16(17)10-15/h3-7,13,15-17H,8-12H2,1-2H3,(H,19,21)/t15-,16-,17-/m1/s1. The van der Waals surface area contributed by atoms with E-state index in [-0.39, 0.29) is 0 Å². The average Bonchev–Trinajstić information content (AvgIpc) is 3.08. The third-order valence-electron chi connectivity index (χ3n) is 5.13. The van der Waals surface area contributed by atoms with E-state index in [2.05, 4.69) is 54.4 Å². The maximum Gasteiger partial charge on any atom is 0.169 e. The summed E-state index contributed by atoms with van der Waals surface area (Å²) >= 11 is 5.72. The molecule has 0 amide bonds. The molecule has 1 aromatic rings. The molecule has 0 unspecified atom stereocenters. The molecular formula is C18H26N2S. The molecule has 1 aromatic carbocycles. The molecule has 2 fully saturated rings. The minimum Gasteiger partial charge on any atom is -0.360 e. The zero-order chi connectivity index (χ0) is 14.8. The highest BCUT2D eigenvalue weighted by Gasteiger charge is 2.40. The van der Waals surface area contributed by atoms with E-state index in [1.807, 2.05) is 0 Å². The highest BCUT2D eigenvalue weighted by atomic mass is 32.1.